The Balaban J connectivity index is 1.52. The Morgan fingerprint density at radius 2 is 2.30 bits per heavy atom. The molecule has 3 heterocycles. The van der Waals surface area contributed by atoms with E-state index in [4.69, 9.17) is 9.47 Å². The highest BCUT2D eigenvalue weighted by molar-refractivity contribution is 5.16. The number of nitrogens with zero attached hydrogens (tertiary/aromatic N) is 2. The number of piperidine rings is 1. The summed E-state index contributed by atoms with van der Waals surface area (Å²) in [4.78, 5) is 6.63. The largest absolute Gasteiger partial charge is 0.486 e. The van der Waals surface area contributed by atoms with Gasteiger partial charge < -0.3 is 14.4 Å². The smallest absolute Gasteiger partial charge is 0.138 e. The fourth-order valence-electron chi connectivity index (χ4n) is 3.34. The van der Waals surface area contributed by atoms with Crippen LogP contribution >= 0.6 is 0 Å². The minimum Gasteiger partial charge on any atom is -0.486 e. The second-order valence-electron chi connectivity index (χ2n) is 5.97. The van der Waals surface area contributed by atoms with E-state index in [0.29, 0.717) is 6.61 Å². The summed E-state index contributed by atoms with van der Waals surface area (Å²) >= 11 is 0. The number of hydrogen-bond donors (Lipinski definition) is 0. The van der Waals surface area contributed by atoms with Crippen LogP contribution in [0.15, 0.2) is 24.5 Å². The third kappa shape index (κ3) is 3.13. The van der Waals surface area contributed by atoms with Gasteiger partial charge in [0, 0.05) is 25.7 Å². The molecule has 0 radical (unpaired) electrons. The molecule has 110 valence electrons. The molecule has 1 aromatic rings. The molecular weight excluding hydrogens is 252 g/mol. The molecule has 0 bridgehead atoms. The van der Waals surface area contributed by atoms with Crippen molar-refractivity contribution in [1.82, 2.24) is 9.88 Å². The topological polar surface area (TPSA) is 34.6 Å². The predicted molar refractivity (Wildman–Crippen MR) is 77.9 cm³/mol. The molecule has 2 fully saturated rings. The number of aromatic nitrogens is 1. The fourth-order valence-corrected chi connectivity index (χ4v) is 3.34. The van der Waals surface area contributed by atoms with Crippen LogP contribution in [0.2, 0.25) is 0 Å². The normalized spacial score (nSPS) is 25.9. The van der Waals surface area contributed by atoms with Gasteiger partial charge in [-0.15, -0.1) is 0 Å². The average Bonchev–Trinajstić information content (AvgIpc) is 2.86. The van der Waals surface area contributed by atoms with E-state index in [0.717, 1.165) is 38.1 Å². The summed E-state index contributed by atoms with van der Waals surface area (Å²) < 4.78 is 12.1. The lowest BCUT2D eigenvalue weighted by Crippen LogP contribution is -2.44. The lowest BCUT2D eigenvalue weighted by Gasteiger charge is -2.38. The molecule has 0 amide bonds. The molecule has 0 aromatic carbocycles. The molecule has 4 nitrogen and oxygen atoms in total. The quantitative estimate of drug-likeness (QED) is 0.846. The summed E-state index contributed by atoms with van der Waals surface area (Å²) in [7, 11) is 0. The zero-order valence-electron chi connectivity index (χ0n) is 12.3. The average molecular weight is 276 g/mol. The van der Waals surface area contributed by atoms with E-state index in [-0.39, 0.29) is 11.7 Å². The van der Waals surface area contributed by atoms with Crippen molar-refractivity contribution in [3.8, 4) is 5.75 Å². The van der Waals surface area contributed by atoms with Gasteiger partial charge in [0.15, 0.2) is 0 Å². The van der Waals surface area contributed by atoms with Crippen LogP contribution < -0.4 is 4.74 Å². The van der Waals surface area contributed by atoms with Crippen molar-refractivity contribution in [2.45, 2.75) is 44.3 Å². The maximum atomic E-state index is 6.12. The minimum absolute atomic E-state index is 0.0666. The van der Waals surface area contributed by atoms with Crippen LogP contribution in [-0.4, -0.2) is 47.8 Å². The standard InChI is InChI=1S/C16H24N2O2/c1-2-8-18-9-5-16(6-10-18)11-15(13-19-16)20-14-4-3-7-17-12-14/h3-4,7,12,15H,2,5-6,8-11,13H2,1H3/t15-/m0/s1. The Morgan fingerprint density at radius 3 is 3.00 bits per heavy atom. The summed E-state index contributed by atoms with van der Waals surface area (Å²) in [5.74, 6) is 0.849. The monoisotopic (exact) mass is 276 g/mol. The first-order valence-corrected chi connectivity index (χ1v) is 7.73. The van der Waals surface area contributed by atoms with Gasteiger partial charge in [-0.1, -0.05) is 6.92 Å². The number of hydrogen-bond acceptors (Lipinski definition) is 4. The summed E-state index contributed by atoms with van der Waals surface area (Å²) in [5.41, 5.74) is 0.0666. The van der Waals surface area contributed by atoms with Crippen LogP contribution in [0.3, 0.4) is 0 Å². The molecule has 2 saturated heterocycles. The Hall–Kier alpha value is -1.13. The molecule has 1 atom stereocenters. The first-order valence-electron chi connectivity index (χ1n) is 7.73. The maximum absolute atomic E-state index is 6.12. The van der Waals surface area contributed by atoms with Crippen LogP contribution in [0, 0.1) is 0 Å². The highest BCUT2D eigenvalue weighted by Crippen LogP contribution is 2.37. The van der Waals surface area contributed by atoms with Gasteiger partial charge in [-0.25, -0.2) is 0 Å². The molecule has 2 aliphatic heterocycles. The van der Waals surface area contributed by atoms with E-state index >= 15 is 0 Å². The summed E-state index contributed by atoms with van der Waals surface area (Å²) in [6.45, 7) is 6.49. The van der Waals surface area contributed by atoms with Gasteiger partial charge in [-0.3, -0.25) is 4.98 Å². The van der Waals surface area contributed by atoms with E-state index in [1.165, 1.54) is 13.0 Å². The van der Waals surface area contributed by atoms with Crippen LogP contribution in [0.5, 0.6) is 5.75 Å². The Labute approximate surface area is 121 Å². The fraction of sp³-hybridized carbons (Fsp3) is 0.688. The van der Waals surface area contributed by atoms with Gasteiger partial charge in [-0.05, 0) is 37.9 Å². The summed E-state index contributed by atoms with van der Waals surface area (Å²) in [6, 6.07) is 3.87. The second kappa shape index (κ2) is 6.10. The van der Waals surface area contributed by atoms with Gasteiger partial charge in [0.2, 0.25) is 0 Å². The van der Waals surface area contributed by atoms with Crippen molar-refractivity contribution in [3.05, 3.63) is 24.5 Å². The van der Waals surface area contributed by atoms with Crippen molar-refractivity contribution < 1.29 is 9.47 Å². The van der Waals surface area contributed by atoms with E-state index in [2.05, 4.69) is 16.8 Å². The van der Waals surface area contributed by atoms with E-state index in [1.807, 2.05) is 12.1 Å². The van der Waals surface area contributed by atoms with Gasteiger partial charge >= 0.3 is 0 Å². The van der Waals surface area contributed by atoms with Crippen molar-refractivity contribution >= 4 is 0 Å². The molecule has 0 saturated carbocycles. The lowest BCUT2D eigenvalue weighted by atomic mass is 9.88. The lowest BCUT2D eigenvalue weighted by molar-refractivity contribution is -0.0439. The SMILES string of the molecule is CCCN1CCC2(CC1)C[C@H](Oc1cccnc1)CO2. The molecule has 0 unspecified atom stereocenters. The van der Waals surface area contributed by atoms with Gasteiger partial charge in [0.05, 0.1) is 18.4 Å². The van der Waals surface area contributed by atoms with Crippen molar-refractivity contribution in [2.24, 2.45) is 0 Å². The van der Waals surface area contributed by atoms with Crippen LogP contribution in [0.4, 0.5) is 0 Å². The molecule has 2 aliphatic rings. The zero-order chi connectivity index (χ0) is 13.8. The number of likely N-dealkylation sites (tertiary alicyclic amines) is 1. The molecule has 0 N–H and O–H groups in total. The maximum Gasteiger partial charge on any atom is 0.138 e. The van der Waals surface area contributed by atoms with Gasteiger partial charge in [0.25, 0.3) is 0 Å². The van der Waals surface area contributed by atoms with Crippen LogP contribution in [0.1, 0.15) is 32.6 Å². The third-order valence-electron chi connectivity index (χ3n) is 4.42. The molecular formula is C16H24N2O2. The highest BCUT2D eigenvalue weighted by Gasteiger charge is 2.43. The van der Waals surface area contributed by atoms with Crippen LogP contribution in [-0.2, 0) is 4.74 Å². The minimum atomic E-state index is 0.0666. The van der Waals surface area contributed by atoms with Crippen LogP contribution in [0.25, 0.3) is 0 Å². The Kier molecular flexibility index (Phi) is 4.22. The van der Waals surface area contributed by atoms with Gasteiger partial charge in [-0.2, -0.15) is 0 Å². The van der Waals surface area contributed by atoms with Crippen molar-refractivity contribution in [1.29, 1.82) is 0 Å². The van der Waals surface area contributed by atoms with Crippen molar-refractivity contribution in [3.63, 3.8) is 0 Å². The first kappa shape index (κ1) is 13.8. The summed E-state index contributed by atoms with van der Waals surface area (Å²) in [6.07, 6.45) is 8.25. The van der Waals surface area contributed by atoms with Crippen molar-refractivity contribution in [2.75, 3.05) is 26.2 Å². The molecule has 20 heavy (non-hydrogen) atoms. The highest BCUT2D eigenvalue weighted by atomic mass is 16.6. The number of ether oxygens (including phenoxy) is 2. The number of rotatable bonds is 4. The zero-order valence-corrected chi connectivity index (χ0v) is 12.3. The Morgan fingerprint density at radius 1 is 1.45 bits per heavy atom. The summed E-state index contributed by atoms with van der Waals surface area (Å²) in [5, 5.41) is 0. The molecule has 3 rings (SSSR count). The second-order valence-corrected chi connectivity index (χ2v) is 5.97. The molecule has 0 aliphatic carbocycles. The molecule has 4 heteroatoms. The number of pyridine rings is 1. The molecule has 1 aromatic heterocycles. The van der Waals surface area contributed by atoms with E-state index in [9.17, 15) is 0 Å². The van der Waals surface area contributed by atoms with E-state index in [1.54, 1.807) is 12.4 Å². The molecule has 1 spiro atoms. The Bertz CT molecular complexity index is 416. The first-order chi connectivity index (χ1) is 9.80. The predicted octanol–water partition coefficient (Wildman–Crippen LogP) is 2.49. The van der Waals surface area contributed by atoms with Gasteiger partial charge in [0.1, 0.15) is 11.9 Å². The third-order valence-corrected chi connectivity index (χ3v) is 4.42. The van der Waals surface area contributed by atoms with E-state index < -0.39 is 0 Å².